The Morgan fingerprint density at radius 3 is 2.62 bits per heavy atom. The summed E-state index contributed by atoms with van der Waals surface area (Å²) < 4.78 is 0. The van der Waals surface area contributed by atoms with E-state index < -0.39 is 0 Å². The molecule has 2 rings (SSSR count). The lowest BCUT2D eigenvalue weighted by Crippen LogP contribution is -2.41. The maximum absolute atomic E-state index is 12.2. The molecule has 0 fully saturated rings. The fourth-order valence-electron chi connectivity index (χ4n) is 2.50. The Morgan fingerprint density at radius 1 is 1.21 bits per heavy atom. The first kappa shape index (κ1) is 18.0. The van der Waals surface area contributed by atoms with Crippen LogP contribution in [0.15, 0.2) is 29.1 Å². The van der Waals surface area contributed by atoms with Gasteiger partial charge in [-0.15, -0.1) is 0 Å². The molecular formula is C19H27N3O2. The molecule has 0 aliphatic heterocycles. The van der Waals surface area contributed by atoms with Crippen molar-refractivity contribution >= 4 is 16.9 Å². The zero-order chi connectivity index (χ0) is 17.7. The number of rotatable bonds is 6. The highest BCUT2D eigenvalue weighted by molar-refractivity contribution is 5.80. The Hall–Kier alpha value is -2.30. The SMILES string of the molecule is CCC(C)NC(=O)NCCc1cc2cc(C(C)C)ccc2[nH]c1=O. The van der Waals surface area contributed by atoms with Crippen LogP contribution in [0.1, 0.15) is 51.2 Å². The van der Waals surface area contributed by atoms with Gasteiger partial charge in [-0.2, -0.15) is 0 Å². The summed E-state index contributed by atoms with van der Waals surface area (Å²) in [6.45, 7) is 8.70. The van der Waals surface area contributed by atoms with Crippen molar-refractivity contribution in [2.45, 2.75) is 52.5 Å². The van der Waals surface area contributed by atoms with E-state index in [-0.39, 0.29) is 17.6 Å². The number of carbonyl (C=O) groups excluding carboxylic acids is 1. The standard InChI is InChI=1S/C19H27N3O2/c1-5-13(4)21-19(24)20-9-8-15-11-16-10-14(12(2)3)6-7-17(16)22-18(15)23/h6-7,10-13H,5,8-9H2,1-4H3,(H,22,23)(H2,20,21,24). The number of aromatic nitrogens is 1. The van der Waals surface area contributed by atoms with E-state index in [1.54, 1.807) is 0 Å². The summed E-state index contributed by atoms with van der Waals surface area (Å²) in [5.41, 5.74) is 2.68. The van der Waals surface area contributed by atoms with Gasteiger partial charge in [0.25, 0.3) is 5.56 Å². The van der Waals surface area contributed by atoms with Gasteiger partial charge in [0.2, 0.25) is 0 Å². The molecular weight excluding hydrogens is 302 g/mol. The molecule has 0 saturated heterocycles. The number of benzene rings is 1. The van der Waals surface area contributed by atoms with E-state index in [0.29, 0.717) is 24.4 Å². The highest BCUT2D eigenvalue weighted by Gasteiger charge is 2.07. The maximum Gasteiger partial charge on any atom is 0.315 e. The van der Waals surface area contributed by atoms with Crippen molar-refractivity contribution in [3.63, 3.8) is 0 Å². The Bertz CT molecular complexity index is 765. The molecule has 3 N–H and O–H groups in total. The van der Waals surface area contributed by atoms with E-state index >= 15 is 0 Å². The zero-order valence-electron chi connectivity index (χ0n) is 14.9. The van der Waals surface area contributed by atoms with Crippen LogP contribution in [-0.4, -0.2) is 23.6 Å². The predicted octanol–water partition coefficient (Wildman–Crippen LogP) is 3.29. The molecule has 5 heteroatoms. The number of fused-ring (bicyclic) bond motifs is 1. The molecule has 1 unspecified atom stereocenters. The molecule has 5 nitrogen and oxygen atoms in total. The van der Waals surface area contributed by atoms with Gasteiger partial charge in [-0.25, -0.2) is 4.79 Å². The van der Waals surface area contributed by atoms with E-state index in [1.165, 1.54) is 5.56 Å². The topological polar surface area (TPSA) is 74.0 Å². The van der Waals surface area contributed by atoms with E-state index in [4.69, 9.17) is 0 Å². The van der Waals surface area contributed by atoms with Crippen LogP contribution in [0.3, 0.4) is 0 Å². The first-order chi connectivity index (χ1) is 11.4. The van der Waals surface area contributed by atoms with Crippen LogP contribution in [0, 0.1) is 0 Å². The third-order valence-electron chi connectivity index (χ3n) is 4.28. The van der Waals surface area contributed by atoms with Gasteiger partial charge >= 0.3 is 6.03 Å². The molecule has 0 bridgehead atoms. The number of carbonyl (C=O) groups is 1. The summed E-state index contributed by atoms with van der Waals surface area (Å²) in [5.74, 6) is 0.440. The summed E-state index contributed by atoms with van der Waals surface area (Å²) in [6.07, 6.45) is 1.39. The fourth-order valence-corrected chi connectivity index (χ4v) is 2.50. The van der Waals surface area contributed by atoms with Gasteiger partial charge in [0, 0.05) is 23.7 Å². The number of nitrogens with one attached hydrogen (secondary N) is 3. The highest BCUT2D eigenvalue weighted by atomic mass is 16.2. The summed E-state index contributed by atoms with van der Waals surface area (Å²) in [4.78, 5) is 26.8. The number of hydrogen-bond acceptors (Lipinski definition) is 2. The molecule has 0 saturated carbocycles. The van der Waals surface area contributed by atoms with E-state index in [2.05, 4.69) is 35.5 Å². The third-order valence-corrected chi connectivity index (χ3v) is 4.28. The van der Waals surface area contributed by atoms with E-state index in [9.17, 15) is 9.59 Å². The molecule has 0 aliphatic rings. The summed E-state index contributed by atoms with van der Waals surface area (Å²) in [5, 5.41) is 6.67. The van der Waals surface area contributed by atoms with Crippen LogP contribution in [0.5, 0.6) is 0 Å². The van der Waals surface area contributed by atoms with Gasteiger partial charge in [0.1, 0.15) is 0 Å². The lowest BCUT2D eigenvalue weighted by Gasteiger charge is -2.12. The van der Waals surface area contributed by atoms with Gasteiger partial charge in [-0.05, 0) is 54.8 Å². The molecule has 0 radical (unpaired) electrons. The van der Waals surface area contributed by atoms with Gasteiger partial charge < -0.3 is 15.6 Å². The van der Waals surface area contributed by atoms with Crippen LogP contribution in [0.25, 0.3) is 10.9 Å². The Kier molecular flexibility index (Phi) is 6.01. The molecule has 0 spiro atoms. The van der Waals surface area contributed by atoms with Crippen LogP contribution < -0.4 is 16.2 Å². The lowest BCUT2D eigenvalue weighted by atomic mass is 10.0. The molecule has 1 aromatic carbocycles. The molecule has 2 amide bonds. The Labute approximate surface area is 142 Å². The molecule has 1 atom stereocenters. The van der Waals surface area contributed by atoms with E-state index in [1.807, 2.05) is 32.0 Å². The minimum atomic E-state index is -0.191. The summed E-state index contributed by atoms with van der Waals surface area (Å²) in [7, 11) is 0. The number of urea groups is 1. The average Bonchev–Trinajstić information content (AvgIpc) is 2.54. The van der Waals surface area contributed by atoms with Crippen LogP contribution >= 0.6 is 0 Å². The van der Waals surface area contributed by atoms with Crippen molar-refractivity contribution in [3.05, 3.63) is 45.7 Å². The molecule has 2 aromatic rings. The van der Waals surface area contributed by atoms with Crippen molar-refractivity contribution in [2.75, 3.05) is 6.54 Å². The van der Waals surface area contributed by atoms with Crippen molar-refractivity contribution in [1.29, 1.82) is 0 Å². The van der Waals surface area contributed by atoms with Crippen molar-refractivity contribution in [3.8, 4) is 0 Å². The molecule has 1 heterocycles. The second-order valence-corrected chi connectivity index (χ2v) is 6.58. The number of amides is 2. The van der Waals surface area contributed by atoms with Crippen molar-refractivity contribution in [2.24, 2.45) is 0 Å². The number of H-pyrrole nitrogens is 1. The lowest BCUT2D eigenvalue weighted by molar-refractivity contribution is 0.237. The minimum absolute atomic E-state index is 0.0936. The van der Waals surface area contributed by atoms with Crippen molar-refractivity contribution in [1.82, 2.24) is 15.6 Å². The van der Waals surface area contributed by atoms with Crippen molar-refractivity contribution < 1.29 is 4.79 Å². The molecule has 130 valence electrons. The fraction of sp³-hybridized carbons (Fsp3) is 0.474. The van der Waals surface area contributed by atoms with Crippen LogP contribution in [0.4, 0.5) is 4.79 Å². The molecule has 0 aliphatic carbocycles. The van der Waals surface area contributed by atoms with Crippen LogP contribution in [-0.2, 0) is 6.42 Å². The normalized spacial score (nSPS) is 12.4. The van der Waals surface area contributed by atoms with E-state index in [0.717, 1.165) is 17.3 Å². The summed E-state index contributed by atoms with van der Waals surface area (Å²) in [6, 6.07) is 7.99. The minimum Gasteiger partial charge on any atom is -0.338 e. The molecule has 1 aromatic heterocycles. The monoisotopic (exact) mass is 329 g/mol. The molecule has 24 heavy (non-hydrogen) atoms. The first-order valence-electron chi connectivity index (χ1n) is 8.61. The van der Waals surface area contributed by atoms with Gasteiger partial charge in [-0.3, -0.25) is 4.79 Å². The predicted molar refractivity (Wildman–Crippen MR) is 98.6 cm³/mol. The van der Waals surface area contributed by atoms with Crippen LogP contribution in [0.2, 0.25) is 0 Å². The summed E-state index contributed by atoms with van der Waals surface area (Å²) >= 11 is 0. The second-order valence-electron chi connectivity index (χ2n) is 6.58. The first-order valence-corrected chi connectivity index (χ1v) is 8.61. The highest BCUT2D eigenvalue weighted by Crippen LogP contribution is 2.20. The second kappa shape index (κ2) is 7.99. The zero-order valence-corrected chi connectivity index (χ0v) is 14.9. The smallest absolute Gasteiger partial charge is 0.315 e. The quantitative estimate of drug-likeness (QED) is 0.761. The van der Waals surface area contributed by atoms with Gasteiger partial charge in [0.15, 0.2) is 0 Å². The maximum atomic E-state index is 12.2. The Balaban J connectivity index is 2.07. The van der Waals surface area contributed by atoms with Gasteiger partial charge in [-0.1, -0.05) is 26.8 Å². The number of pyridine rings is 1. The number of hydrogen-bond donors (Lipinski definition) is 3. The average molecular weight is 329 g/mol. The Morgan fingerprint density at radius 2 is 1.96 bits per heavy atom. The number of aromatic amines is 1. The van der Waals surface area contributed by atoms with Gasteiger partial charge in [0.05, 0.1) is 0 Å². The third kappa shape index (κ3) is 4.60. The largest absolute Gasteiger partial charge is 0.338 e.